The van der Waals surface area contributed by atoms with Crippen molar-refractivity contribution in [3.8, 4) is 11.3 Å². The fourth-order valence-corrected chi connectivity index (χ4v) is 2.88. The van der Waals surface area contributed by atoms with E-state index in [-0.39, 0.29) is 5.91 Å². The highest BCUT2D eigenvalue weighted by molar-refractivity contribution is 9.11. The van der Waals surface area contributed by atoms with E-state index >= 15 is 0 Å². The normalized spacial score (nSPS) is 10.4. The van der Waals surface area contributed by atoms with Gasteiger partial charge in [0, 0.05) is 16.6 Å². The molecule has 1 N–H and O–H groups in total. The number of nitrogens with zero attached hydrogens (tertiary/aromatic N) is 1. The van der Waals surface area contributed by atoms with Crippen LogP contribution in [0, 0.1) is 0 Å². The zero-order valence-corrected chi connectivity index (χ0v) is 12.6. The van der Waals surface area contributed by atoms with Crippen LogP contribution in [0.3, 0.4) is 0 Å². The summed E-state index contributed by atoms with van der Waals surface area (Å²) in [7, 11) is 0. The van der Waals surface area contributed by atoms with E-state index in [2.05, 4.69) is 26.2 Å². The maximum Gasteiger partial charge on any atom is 0.256 e. The summed E-state index contributed by atoms with van der Waals surface area (Å²) in [5, 5.41) is 4.66. The number of anilines is 1. The molecule has 0 saturated carbocycles. The van der Waals surface area contributed by atoms with Crippen molar-refractivity contribution < 1.29 is 9.21 Å². The molecular formula is C14H9BrN2O2S. The zero-order valence-electron chi connectivity index (χ0n) is 10.2. The third kappa shape index (κ3) is 2.81. The molecule has 3 rings (SSSR count). The Hall–Kier alpha value is -1.92. The molecule has 6 heteroatoms. The molecule has 0 aliphatic heterocycles. The van der Waals surface area contributed by atoms with Gasteiger partial charge in [-0.25, -0.2) is 4.98 Å². The first-order valence-corrected chi connectivity index (χ1v) is 7.44. The predicted octanol–water partition coefficient (Wildman–Crippen LogP) is 4.42. The molecule has 0 bridgehead atoms. The van der Waals surface area contributed by atoms with Gasteiger partial charge in [0.05, 0.1) is 15.5 Å². The Kier molecular flexibility index (Phi) is 3.66. The van der Waals surface area contributed by atoms with E-state index in [1.54, 1.807) is 17.6 Å². The summed E-state index contributed by atoms with van der Waals surface area (Å²) in [4.78, 5) is 15.9. The number of carbonyl (C=O) groups excluding carboxylic acids is 1. The molecule has 2 heterocycles. The van der Waals surface area contributed by atoms with Gasteiger partial charge in [-0.15, -0.1) is 11.3 Å². The number of hydrogen-bond donors (Lipinski definition) is 1. The molecule has 0 fully saturated rings. The van der Waals surface area contributed by atoms with Gasteiger partial charge in [-0.2, -0.15) is 0 Å². The Balaban J connectivity index is 1.81. The summed E-state index contributed by atoms with van der Waals surface area (Å²) in [5.74, 6) is 0.529. The van der Waals surface area contributed by atoms with Crippen LogP contribution in [0.5, 0.6) is 0 Å². The molecule has 0 spiro atoms. The van der Waals surface area contributed by atoms with Crippen molar-refractivity contribution in [2.45, 2.75) is 0 Å². The first-order chi connectivity index (χ1) is 9.72. The lowest BCUT2D eigenvalue weighted by molar-refractivity contribution is 0.102. The van der Waals surface area contributed by atoms with Gasteiger partial charge in [-0.3, -0.25) is 4.79 Å². The standard InChI is InChI=1S/C14H9BrN2O2S/c15-13-5-10(7-20-13)14(18)17-11-3-1-2-9(4-11)12-6-16-8-19-12/h1-8H,(H,17,18). The minimum Gasteiger partial charge on any atom is -0.444 e. The Labute approximate surface area is 127 Å². The van der Waals surface area contributed by atoms with Crippen LogP contribution in [0.2, 0.25) is 0 Å². The highest BCUT2D eigenvalue weighted by atomic mass is 79.9. The molecule has 0 radical (unpaired) electrons. The van der Waals surface area contributed by atoms with Crippen molar-refractivity contribution >= 4 is 38.9 Å². The number of oxazole rings is 1. The number of aromatic nitrogens is 1. The number of carbonyl (C=O) groups is 1. The lowest BCUT2D eigenvalue weighted by Gasteiger charge is -2.05. The average Bonchev–Trinajstić information content (AvgIpc) is 3.10. The summed E-state index contributed by atoms with van der Waals surface area (Å²) >= 11 is 4.82. The second kappa shape index (κ2) is 5.60. The highest BCUT2D eigenvalue weighted by Gasteiger charge is 2.09. The zero-order chi connectivity index (χ0) is 13.9. The van der Waals surface area contributed by atoms with E-state index < -0.39 is 0 Å². The summed E-state index contributed by atoms with van der Waals surface area (Å²) in [5.41, 5.74) is 2.21. The van der Waals surface area contributed by atoms with E-state index in [0.717, 1.165) is 9.35 Å². The molecule has 1 aromatic carbocycles. The van der Waals surface area contributed by atoms with Crippen molar-refractivity contribution in [3.63, 3.8) is 0 Å². The van der Waals surface area contributed by atoms with Crippen molar-refractivity contribution in [1.29, 1.82) is 0 Å². The van der Waals surface area contributed by atoms with E-state index in [9.17, 15) is 4.79 Å². The first kappa shape index (κ1) is 13.1. The van der Waals surface area contributed by atoms with Crippen LogP contribution in [-0.2, 0) is 0 Å². The van der Waals surface area contributed by atoms with Crippen LogP contribution in [0.25, 0.3) is 11.3 Å². The number of nitrogens with one attached hydrogen (secondary N) is 1. The maximum absolute atomic E-state index is 12.1. The summed E-state index contributed by atoms with van der Waals surface area (Å²) in [6.07, 6.45) is 3.01. The molecule has 0 saturated heterocycles. The lowest BCUT2D eigenvalue weighted by Crippen LogP contribution is -2.10. The van der Waals surface area contributed by atoms with Crippen LogP contribution in [-0.4, -0.2) is 10.9 Å². The highest BCUT2D eigenvalue weighted by Crippen LogP contribution is 2.24. The molecule has 0 atom stereocenters. The van der Waals surface area contributed by atoms with Gasteiger partial charge in [0.25, 0.3) is 5.91 Å². The topological polar surface area (TPSA) is 55.1 Å². The molecule has 4 nitrogen and oxygen atoms in total. The Morgan fingerprint density at radius 3 is 2.95 bits per heavy atom. The van der Waals surface area contributed by atoms with Crippen LogP contribution in [0.15, 0.2) is 56.5 Å². The molecular weight excluding hydrogens is 340 g/mol. The third-order valence-corrected chi connectivity index (χ3v) is 4.17. The van der Waals surface area contributed by atoms with Crippen molar-refractivity contribution in [1.82, 2.24) is 4.98 Å². The number of amides is 1. The summed E-state index contributed by atoms with van der Waals surface area (Å²) in [6.45, 7) is 0. The molecule has 0 unspecified atom stereocenters. The largest absolute Gasteiger partial charge is 0.444 e. The quantitative estimate of drug-likeness (QED) is 0.762. The number of rotatable bonds is 3. The fraction of sp³-hybridized carbons (Fsp3) is 0. The third-order valence-electron chi connectivity index (χ3n) is 2.67. The predicted molar refractivity (Wildman–Crippen MR) is 81.9 cm³/mol. The van der Waals surface area contributed by atoms with Crippen LogP contribution in [0.1, 0.15) is 10.4 Å². The Bertz CT molecular complexity index is 737. The van der Waals surface area contributed by atoms with Crippen molar-refractivity contribution in [2.24, 2.45) is 0 Å². The molecule has 20 heavy (non-hydrogen) atoms. The molecule has 1 amide bonds. The summed E-state index contributed by atoms with van der Waals surface area (Å²) < 4.78 is 6.17. The average molecular weight is 349 g/mol. The lowest BCUT2D eigenvalue weighted by atomic mass is 10.1. The smallest absolute Gasteiger partial charge is 0.256 e. The summed E-state index contributed by atoms with van der Waals surface area (Å²) in [6, 6.07) is 9.23. The van der Waals surface area contributed by atoms with E-state index in [4.69, 9.17) is 4.42 Å². The second-order valence-electron chi connectivity index (χ2n) is 4.04. The van der Waals surface area contributed by atoms with Gasteiger partial charge < -0.3 is 9.73 Å². The van der Waals surface area contributed by atoms with Gasteiger partial charge >= 0.3 is 0 Å². The minimum absolute atomic E-state index is 0.137. The van der Waals surface area contributed by atoms with Crippen LogP contribution in [0.4, 0.5) is 5.69 Å². The molecule has 3 aromatic rings. The second-order valence-corrected chi connectivity index (χ2v) is 6.33. The van der Waals surface area contributed by atoms with Crippen molar-refractivity contribution in [2.75, 3.05) is 5.32 Å². The number of hydrogen-bond acceptors (Lipinski definition) is 4. The van der Waals surface area contributed by atoms with Gasteiger partial charge in [0.15, 0.2) is 12.2 Å². The van der Waals surface area contributed by atoms with Gasteiger partial charge in [0.1, 0.15) is 0 Å². The number of halogens is 1. The molecule has 100 valence electrons. The van der Waals surface area contributed by atoms with E-state index in [1.165, 1.54) is 17.7 Å². The van der Waals surface area contributed by atoms with Gasteiger partial charge in [-0.05, 0) is 34.1 Å². The number of benzene rings is 1. The Morgan fingerprint density at radius 1 is 1.35 bits per heavy atom. The molecule has 0 aliphatic carbocycles. The van der Waals surface area contributed by atoms with Crippen molar-refractivity contribution in [3.05, 3.63) is 57.7 Å². The maximum atomic E-state index is 12.1. The first-order valence-electron chi connectivity index (χ1n) is 5.77. The SMILES string of the molecule is O=C(Nc1cccc(-c2cnco2)c1)c1csc(Br)c1. The van der Waals surface area contributed by atoms with E-state index in [1.807, 2.05) is 24.3 Å². The Morgan fingerprint density at radius 2 is 2.25 bits per heavy atom. The van der Waals surface area contributed by atoms with Gasteiger partial charge in [0.2, 0.25) is 0 Å². The van der Waals surface area contributed by atoms with E-state index in [0.29, 0.717) is 17.0 Å². The molecule has 0 aliphatic rings. The van der Waals surface area contributed by atoms with Gasteiger partial charge in [-0.1, -0.05) is 12.1 Å². The fourth-order valence-electron chi connectivity index (χ4n) is 1.74. The monoisotopic (exact) mass is 348 g/mol. The van der Waals surface area contributed by atoms with Crippen LogP contribution < -0.4 is 5.32 Å². The molecule has 2 aromatic heterocycles. The van der Waals surface area contributed by atoms with Crippen LogP contribution >= 0.6 is 27.3 Å². The number of thiophene rings is 1. The minimum atomic E-state index is -0.137.